The smallest absolute Gasteiger partial charge is 0.160 e. The van der Waals surface area contributed by atoms with E-state index in [0.29, 0.717) is 6.04 Å². The Morgan fingerprint density at radius 2 is 1.84 bits per heavy atom. The summed E-state index contributed by atoms with van der Waals surface area (Å²) in [6.45, 7) is 4.25. The minimum atomic E-state index is 0.443. The minimum Gasteiger partial charge on any atom is -0.493 e. The van der Waals surface area contributed by atoms with Crippen molar-refractivity contribution >= 4 is 0 Å². The third-order valence-electron chi connectivity index (χ3n) is 3.04. The Morgan fingerprint density at radius 1 is 1.16 bits per heavy atom. The molecule has 4 nitrogen and oxygen atoms in total. The maximum absolute atomic E-state index is 5.32. The van der Waals surface area contributed by atoms with Gasteiger partial charge in [-0.1, -0.05) is 6.07 Å². The van der Waals surface area contributed by atoms with Gasteiger partial charge < -0.3 is 19.7 Å². The molecule has 19 heavy (non-hydrogen) atoms. The number of nitrogens with zero attached hydrogens (tertiary/aromatic N) is 1. The topological polar surface area (TPSA) is 33.7 Å². The summed E-state index contributed by atoms with van der Waals surface area (Å²) in [5.41, 5.74) is 1.25. The fourth-order valence-corrected chi connectivity index (χ4v) is 1.97. The number of likely N-dealkylation sites (N-methyl/N-ethyl adjacent to an activating group) is 1. The predicted octanol–water partition coefficient (Wildman–Crippen LogP) is 1.79. The molecular weight excluding hydrogens is 240 g/mol. The van der Waals surface area contributed by atoms with E-state index in [0.717, 1.165) is 31.0 Å². The third-order valence-corrected chi connectivity index (χ3v) is 3.04. The second-order valence-electron chi connectivity index (χ2n) is 5.05. The monoisotopic (exact) mass is 266 g/mol. The number of methoxy groups -OCH3 is 2. The largest absolute Gasteiger partial charge is 0.493 e. The molecule has 1 unspecified atom stereocenters. The highest BCUT2D eigenvalue weighted by Gasteiger charge is 2.07. The van der Waals surface area contributed by atoms with Crippen LogP contribution in [0.4, 0.5) is 0 Å². The van der Waals surface area contributed by atoms with Crippen LogP contribution in [0.5, 0.6) is 11.5 Å². The van der Waals surface area contributed by atoms with Crippen LogP contribution in [0.1, 0.15) is 12.5 Å². The maximum atomic E-state index is 5.32. The highest BCUT2D eigenvalue weighted by Crippen LogP contribution is 2.27. The van der Waals surface area contributed by atoms with Gasteiger partial charge in [0.2, 0.25) is 0 Å². The molecule has 0 fully saturated rings. The molecule has 0 aliphatic carbocycles. The van der Waals surface area contributed by atoms with E-state index in [-0.39, 0.29) is 0 Å². The molecule has 0 bridgehead atoms. The molecule has 0 saturated heterocycles. The lowest BCUT2D eigenvalue weighted by Gasteiger charge is -2.17. The van der Waals surface area contributed by atoms with E-state index in [1.54, 1.807) is 14.2 Å². The number of rotatable bonds is 8. The van der Waals surface area contributed by atoms with Crippen molar-refractivity contribution in [2.24, 2.45) is 0 Å². The highest BCUT2D eigenvalue weighted by molar-refractivity contribution is 5.43. The van der Waals surface area contributed by atoms with E-state index in [1.165, 1.54) is 5.56 Å². The van der Waals surface area contributed by atoms with Crippen molar-refractivity contribution in [2.45, 2.75) is 19.4 Å². The SMILES string of the molecule is COc1ccc(CC(C)NCCN(C)C)cc1OC. The Hall–Kier alpha value is -1.26. The lowest BCUT2D eigenvalue weighted by atomic mass is 10.1. The molecule has 0 aliphatic heterocycles. The van der Waals surface area contributed by atoms with Gasteiger partial charge in [0.25, 0.3) is 0 Å². The molecule has 0 aliphatic rings. The standard InChI is InChI=1S/C15H26N2O2/c1-12(16-8-9-17(2)3)10-13-6-7-14(18-4)15(11-13)19-5/h6-7,11-12,16H,8-10H2,1-5H3. The van der Waals surface area contributed by atoms with Gasteiger partial charge in [-0.05, 0) is 45.1 Å². The van der Waals surface area contributed by atoms with Crippen molar-refractivity contribution in [3.63, 3.8) is 0 Å². The molecule has 0 heterocycles. The summed E-state index contributed by atoms with van der Waals surface area (Å²) in [4.78, 5) is 2.18. The Bertz CT molecular complexity index is 380. The van der Waals surface area contributed by atoms with Gasteiger partial charge in [-0.3, -0.25) is 0 Å². The van der Waals surface area contributed by atoms with Crippen LogP contribution in [0.25, 0.3) is 0 Å². The number of ether oxygens (including phenoxy) is 2. The molecule has 0 radical (unpaired) electrons. The Kier molecular flexibility index (Phi) is 6.67. The molecule has 0 aromatic heterocycles. The van der Waals surface area contributed by atoms with Crippen LogP contribution in [0, 0.1) is 0 Å². The van der Waals surface area contributed by atoms with Gasteiger partial charge in [-0.25, -0.2) is 0 Å². The molecule has 1 atom stereocenters. The first kappa shape index (κ1) is 15.8. The number of hydrogen-bond donors (Lipinski definition) is 1. The Labute approximate surface area is 116 Å². The van der Waals surface area contributed by atoms with E-state index in [9.17, 15) is 0 Å². The van der Waals surface area contributed by atoms with Gasteiger partial charge in [0.1, 0.15) is 0 Å². The van der Waals surface area contributed by atoms with Crippen LogP contribution >= 0.6 is 0 Å². The first-order valence-corrected chi connectivity index (χ1v) is 6.65. The fourth-order valence-electron chi connectivity index (χ4n) is 1.97. The van der Waals surface area contributed by atoms with Gasteiger partial charge in [0, 0.05) is 19.1 Å². The minimum absolute atomic E-state index is 0.443. The van der Waals surface area contributed by atoms with Crippen LogP contribution in [0.3, 0.4) is 0 Å². The zero-order valence-electron chi connectivity index (χ0n) is 12.7. The van der Waals surface area contributed by atoms with Crippen molar-refractivity contribution in [3.8, 4) is 11.5 Å². The molecule has 1 rings (SSSR count). The zero-order chi connectivity index (χ0) is 14.3. The fraction of sp³-hybridized carbons (Fsp3) is 0.600. The Balaban J connectivity index is 2.52. The lowest BCUT2D eigenvalue weighted by molar-refractivity contribution is 0.354. The lowest BCUT2D eigenvalue weighted by Crippen LogP contribution is -2.34. The second-order valence-corrected chi connectivity index (χ2v) is 5.05. The van der Waals surface area contributed by atoms with E-state index < -0.39 is 0 Å². The molecule has 1 aromatic carbocycles. The first-order chi connectivity index (χ1) is 9.06. The van der Waals surface area contributed by atoms with Crippen LogP contribution in [-0.4, -0.2) is 52.3 Å². The third kappa shape index (κ3) is 5.49. The molecule has 1 N–H and O–H groups in total. The summed E-state index contributed by atoms with van der Waals surface area (Å²) in [6.07, 6.45) is 0.980. The number of nitrogens with one attached hydrogen (secondary N) is 1. The summed E-state index contributed by atoms with van der Waals surface area (Å²) >= 11 is 0. The first-order valence-electron chi connectivity index (χ1n) is 6.65. The number of benzene rings is 1. The average molecular weight is 266 g/mol. The van der Waals surface area contributed by atoms with Gasteiger partial charge >= 0.3 is 0 Å². The van der Waals surface area contributed by atoms with Crippen molar-refractivity contribution < 1.29 is 9.47 Å². The van der Waals surface area contributed by atoms with Gasteiger partial charge in [-0.2, -0.15) is 0 Å². The van der Waals surface area contributed by atoms with E-state index >= 15 is 0 Å². The summed E-state index contributed by atoms with van der Waals surface area (Å²) < 4.78 is 10.6. The van der Waals surface area contributed by atoms with Gasteiger partial charge in [0.05, 0.1) is 14.2 Å². The normalized spacial score (nSPS) is 12.5. The second kappa shape index (κ2) is 8.02. The quantitative estimate of drug-likeness (QED) is 0.778. The van der Waals surface area contributed by atoms with Crippen molar-refractivity contribution in [3.05, 3.63) is 23.8 Å². The molecule has 1 aromatic rings. The highest BCUT2D eigenvalue weighted by atomic mass is 16.5. The maximum Gasteiger partial charge on any atom is 0.160 e. The van der Waals surface area contributed by atoms with Crippen molar-refractivity contribution in [1.29, 1.82) is 0 Å². The van der Waals surface area contributed by atoms with Gasteiger partial charge in [0.15, 0.2) is 11.5 Å². The molecular formula is C15H26N2O2. The average Bonchev–Trinajstić information content (AvgIpc) is 2.38. The summed E-state index contributed by atoms with van der Waals surface area (Å²) in [5, 5.41) is 3.51. The predicted molar refractivity (Wildman–Crippen MR) is 79.3 cm³/mol. The molecule has 0 saturated carbocycles. The van der Waals surface area contributed by atoms with E-state index in [1.807, 2.05) is 12.1 Å². The van der Waals surface area contributed by atoms with Crippen LogP contribution in [0.15, 0.2) is 18.2 Å². The molecule has 4 heteroatoms. The van der Waals surface area contributed by atoms with Gasteiger partial charge in [-0.15, -0.1) is 0 Å². The summed E-state index contributed by atoms with van der Waals surface area (Å²) in [7, 11) is 7.49. The van der Waals surface area contributed by atoms with E-state index in [4.69, 9.17) is 9.47 Å². The van der Waals surface area contributed by atoms with Crippen molar-refractivity contribution in [1.82, 2.24) is 10.2 Å². The van der Waals surface area contributed by atoms with Crippen LogP contribution < -0.4 is 14.8 Å². The summed E-state index contributed by atoms with van der Waals surface area (Å²) in [6, 6.07) is 6.54. The zero-order valence-corrected chi connectivity index (χ0v) is 12.7. The molecule has 108 valence electrons. The van der Waals surface area contributed by atoms with Crippen LogP contribution in [0.2, 0.25) is 0 Å². The summed E-state index contributed by atoms with van der Waals surface area (Å²) in [5.74, 6) is 1.57. The van der Waals surface area contributed by atoms with Crippen LogP contribution in [-0.2, 0) is 6.42 Å². The Morgan fingerprint density at radius 3 is 2.42 bits per heavy atom. The van der Waals surface area contributed by atoms with E-state index in [2.05, 4.69) is 37.3 Å². The number of hydrogen-bond acceptors (Lipinski definition) is 4. The molecule has 0 spiro atoms. The molecule has 0 amide bonds. The van der Waals surface area contributed by atoms with Crippen molar-refractivity contribution in [2.75, 3.05) is 41.4 Å².